The molecule has 26 heavy (non-hydrogen) atoms. The Labute approximate surface area is 158 Å². The maximum atomic E-state index is 5.73. The molecule has 2 rings (SSSR count). The topological polar surface area (TPSA) is 66.7 Å². The molecule has 1 saturated carbocycles. The molecule has 1 aromatic heterocycles. The van der Waals surface area contributed by atoms with Crippen molar-refractivity contribution < 1.29 is 4.74 Å². The van der Waals surface area contributed by atoms with E-state index >= 15 is 0 Å². The van der Waals surface area contributed by atoms with Crippen LogP contribution in [0.2, 0.25) is 0 Å². The number of aromatic nitrogens is 2. The molecule has 3 unspecified atom stereocenters. The van der Waals surface area contributed by atoms with Crippen LogP contribution in [0.5, 0.6) is 0 Å². The Bertz CT molecular complexity index is 623. The van der Waals surface area contributed by atoms with Gasteiger partial charge >= 0.3 is 0 Å². The second kappa shape index (κ2) is 7.96. The second-order valence-electron chi connectivity index (χ2n) is 8.20. The van der Waals surface area contributed by atoms with E-state index in [0.29, 0.717) is 12.6 Å². The van der Waals surface area contributed by atoms with Crippen LogP contribution in [-0.4, -0.2) is 66.6 Å². The number of likely N-dealkylation sites (N-methyl/N-ethyl adjacent to an activating group) is 1. The van der Waals surface area contributed by atoms with E-state index in [9.17, 15) is 0 Å². The van der Waals surface area contributed by atoms with Gasteiger partial charge in [0.2, 0.25) is 0 Å². The highest BCUT2D eigenvalue weighted by Crippen LogP contribution is 2.51. The van der Waals surface area contributed by atoms with Gasteiger partial charge in [-0.05, 0) is 34.4 Å². The van der Waals surface area contributed by atoms with Crippen LogP contribution in [0.3, 0.4) is 0 Å². The number of aryl methyl sites for hydroxylation is 1. The molecule has 2 N–H and O–H groups in total. The minimum atomic E-state index is -0.0934. The summed E-state index contributed by atoms with van der Waals surface area (Å²) in [6.07, 6.45) is 4.94. The van der Waals surface area contributed by atoms with Gasteiger partial charge in [0.15, 0.2) is 5.96 Å². The summed E-state index contributed by atoms with van der Waals surface area (Å²) in [5.41, 5.74) is 1.12. The number of ether oxygens (including phenoxy) is 1. The third-order valence-corrected chi connectivity index (χ3v) is 6.09. The minimum Gasteiger partial charge on any atom is -0.378 e. The molecule has 7 nitrogen and oxygen atoms in total. The Morgan fingerprint density at radius 1 is 1.46 bits per heavy atom. The summed E-state index contributed by atoms with van der Waals surface area (Å²) in [7, 11) is 7.89. The average molecular weight is 365 g/mol. The van der Waals surface area contributed by atoms with Crippen molar-refractivity contribution in [2.75, 3.05) is 34.3 Å². The van der Waals surface area contributed by atoms with E-state index < -0.39 is 0 Å². The first kappa shape index (κ1) is 20.7. The fourth-order valence-corrected chi connectivity index (χ4v) is 3.56. The zero-order valence-electron chi connectivity index (χ0n) is 17.6. The first-order valence-electron chi connectivity index (χ1n) is 9.39. The monoisotopic (exact) mass is 364 g/mol. The minimum absolute atomic E-state index is 0.0439. The number of hydrogen-bond acceptors (Lipinski definition) is 4. The number of nitrogens with zero attached hydrogens (tertiary/aromatic N) is 4. The summed E-state index contributed by atoms with van der Waals surface area (Å²) in [5.74, 6) is 0.861. The Morgan fingerprint density at radius 3 is 2.62 bits per heavy atom. The van der Waals surface area contributed by atoms with Crippen molar-refractivity contribution in [3.05, 3.63) is 18.0 Å². The highest BCUT2D eigenvalue weighted by Gasteiger charge is 2.58. The van der Waals surface area contributed by atoms with Gasteiger partial charge in [-0.1, -0.05) is 13.8 Å². The molecule has 0 spiro atoms. The van der Waals surface area contributed by atoms with Crippen LogP contribution in [0.25, 0.3) is 0 Å². The molecule has 0 saturated heterocycles. The van der Waals surface area contributed by atoms with E-state index in [4.69, 9.17) is 9.73 Å². The summed E-state index contributed by atoms with van der Waals surface area (Å²) in [6.45, 7) is 10.3. The lowest BCUT2D eigenvalue weighted by molar-refractivity contribution is -0.176. The quantitative estimate of drug-likeness (QED) is 0.570. The number of methoxy groups -OCH3 is 1. The lowest BCUT2D eigenvalue weighted by atomic mass is 9.56. The Morgan fingerprint density at radius 2 is 2.15 bits per heavy atom. The van der Waals surface area contributed by atoms with E-state index in [1.54, 1.807) is 7.11 Å². The number of rotatable bonds is 7. The van der Waals surface area contributed by atoms with Crippen LogP contribution in [0, 0.1) is 5.41 Å². The molecule has 1 heterocycles. The number of nitrogens with one attached hydrogen (secondary N) is 2. The third-order valence-electron chi connectivity index (χ3n) is 6.09. The first-order valence-corrected chi connectivity index (χ1v) is 9.39. The Hall–Kier alpha value is -1.60. The third kappa shape index (κ3) is 4.04. The van der Waals surface area contributed by atoms with Crippen molar-refractivity contribution in [1.29, 1.82) is 0 Å². The van der Waals surface area contributed by atoms with Crippen LogP contribution in [0.4, 0.5) is 0 Å². The van der Waals surface area contributed by atoms with E-state index in [0.717, 1.165) is 18.9 Å². The molecular formula is C19H36N6O. The molecular weight excluding hydrogens is 328 g/mol. The number of aliphatic imine (C=N–C) groups is 1. The molecule has 0 aromatic carbocycles. The molecule has 1 aromatic rings. The van der Waals surface area contributed by atoms with Crippen LogP contribution in [0.1, 0.15) is 45.7 Å². The van der Waals surface area contributed by atoms with Crippen molar-refractivity contribution in [1.82, 2.24) is 25.3 Å². The van der Waals surface area contributed by atoms with Gasteiger partial charge in [-0.3, -0.25) is 9.67 Å². The van der Waals surface area contributed by atoms with E-state index in [2.05, 4.69) is 68.6 Å². The Balaban J connectivity index is 2.09. The first-order chi connectivity index (χ1) is 12.1. The molecule has 0 amide bonds. The normalized spacial score (nSPS) is 26.5. The molecule has 1 aliphatic rings. The maximum Gasteiger partial charge on any atom is 0.191 e. The fraction of sp³-hybridized carbons (Fsp3) is 0.789. The van der Waals surface area contributed by atoms with Gasteiger partial charge in [0.05, 0.1) is 24.4 Å². The highest BCUT2D eigenvalue weighted by molar-refractivity contribution is 5.80. The SMILES string of the molecule is CCNC(=NCC(c1cnn(C)c1)N(C)C)NC1CC(C)(OC)C1(C)C. The van der Waals surface area contributed by atoms with Gasteiger partial charge < -0.3 is 20.3 Å². The fourth-order valence-electron chi connectivity index (χ4n) is 3.56. The molecule has 0 aliphatic heterocycles. The predicted octanol–water partition coefficient (Wildman–Crippen LogP) is 1.78. The van der Waals surface area contributed by atoms with Gasteiger partial charge in [0.25, 0.3) is 0 Å². The van der Waals surface area contributed by atoms with Crippen molar-refractivity contribution >= 4 is 5.96 Å². The Kier molecular flexibility index (Phi) is 6.34. The number of hydrogen-bond donors (Lipinski definition) is 2. The van der Waals surface area contributed by atoms with E-state index in [1.807, 2.05) is 17.9 Å². The average Bonchev–Trinajstić information content (AvgIpc) is 3.00. The summed E-state index contributed by atoms with van der Waals surface area (Å²) in [4.78, 5) is 7.04. The zero-order valence-corrected chi connectivity index (χ0v) is 17.6. The summed E-state index contributed by atoms with van der Waals surface area (Å²) in [5, 5.41) is 11.3. The van der Waals surface area contributed by atoms with Crippen molar-refractivity contribution in [3.63, 3.8) is 0 Å². The number of guanidine groups is 1. The second-order valence-corrected chi connectivity index (χ2v) is 8.20. The van der Waals surface area contributed by atoms with E-state index in [-0.39, 0.29) is 17.1 Å². The summed E-state index contributed by atoms with van der Waals surface area (Å²) in [6, 6.07) is 0.527. The summed E-state index contributed by atoms with van der Waals surface area (Å²) >= 11 is 0. The maximum absolute atomic E-state index is 5.73. The highest BCUT2D eigenvalue weighted by atomic mass is 16.5. The zero-order chi connectivity index (χ0) is 19.5. The molecule has 0 radical (unpaired) electrons. The van der Waals surface area contributed by atoms with Gasteiger partial charge in [-0.2, -0.15) is 5.10 Å². The molecule has 3 atom stereocenters. The molecule has 7 heteroatoms. The van der Waals surface area contributed by atoms with Crippen molar-refractivity contribution in [2.45, 2.75) is 51.8 Å². The largest absolute Gasteiger partial charge is 0.378 e. The lowest BCUT2D eigenvalue weighted by Crippen LogP contribution is -2.69. The standard InChI is InChI=1S/C19H36N6O/c1-9-20-17(23-16-10-19(4,26-8)18(16,2)3)21-12-15(24(5)6)14-11-22-25(7)13-14/h11,13,15-16H,9-10,12H2,1-8H3,(H2,20,21,23). The molecule has 1 fully saturated rings. The lowest BCUT2D eigenvalue weighted by Gasteiger charge is -2.59. The molecule has 1 aliphatic carbocycles. The van der Waals surface area contributed by atoms with Crippen LogP contribution >= 0.6 is 0 Å². The van der Waals surface area contributed by atoms with Crippen LogP contribution in [-0.2, 0) is 11.8 Å². The molecule has 148 valence electrons. The van der Waals surface area contributed by atoms with E-state index in [1.165, 1.54) is 5.56 Å². The van der Waals surface area contributed by atoms with Gasteiger partial charge in [0.1, 0.15) is 0 Å². The van der Waals surface area contributed by atoms with Crippen LogP contribution in [0.15, 0.2) is 17.4 Å². The summed E-state index contributed by atoms with van der Waals surface area (Å²) < 4.78 is 7.57. The van der Waals surface area contributed by atoms with Gasteiger partial charge in [-0.25, -0.2) is 0 Å². The van der Waals surface area contributed by atoms with Crippen LogP contribution < -0.4 is 10.6 Å². The van der Waals surface area contributed by atoms with Gasteiger partial charge in [0, 0.05) is 43.9 Å². The molecule has 0 bridgehead atoms. The predicted molar refractivity (Wildman–Crippen MR) is 106 cm³/mol. The van der Waals surface area contributed by atoms with Gasteiger partial charge in [-0.15, -0.1) is 0 Å². The van der Waals surface area contributed by atoms with Crippen molar-refractivity contribution in [2.24, 2.45) is 17.5 Å². The smallest absolute Gasteiger partial charge is 0.191 e. The van der Waals surface area contributed by atoms with Crippen molar-refractivity contribution in [3.8, 4) is 0 Å².